The number of carbonyl (C=O) groups excluding carboxylic acids is 1. The highest BCUT2D eigenvalue weighted by Crippen LogP contribution is 2.23. The summed E-state index contributed by atoms with van der Waals surface area (Å²) in [7, 11) is 0. The molecule has 3 heterocycles. The van der Waals surface area contributed by atoms with Gasteiger partial charge in [0.25, 0.3) is 0 Å². The van der Waals surface area contributed by atoms with E-state index in [1.165, 1.54) is 4.90 Å². The Morgan fingerprint density at radius 1 is 1.20 bits per heavy atom. The molecule has 0 aliphatic carbocycles. The van der Waals surface area contributed by atoms with Gasteiger partial charge in [0.05, 0.1) is 36.1 Å². The maximum absolute atomic E-state index is 12.9. The monoisotopic (exact) mass is 338 g/mol. The molecule has 25 heavy (non-hydrogen) atoms. The van der Waals surface area contributed by atoms with Crippen molar-refractivity contribution in [2.45, 2.75) is 0 Å². The summed E-state index contributed by atoms with van der Waals surface area (Å²) in [6.45, 7) is 2.48. The van der Waals surface area contributed by atoms with Crippen molar-refractivity contribution in [1.29, 1.82) is 0 Å². The number of H-pyrrole nitrogens is 1. The van der Waals surface area contributed by atoms with Crippen LogP contribution in [0.5, 0.6) is 0 Å². The Morgan fingerprint density at radius 3 is 2.80 bits per heavy atom. The number of urea groups is 1. The first-order valence-electron chi connectivity index (χ1n) is 8.10. The van der Waals surface area contributed by atoms with E-state index in [-0.39, 0.29) is 6.03 Å². The normalized spacial score (nSPS) is 15.2. The molecular formula is C17H18N6O2. The summed E-state index contributed by atoms with van der Waals surface area (Å²) in [5, 5.41) is 1.84. The molecule has 1 aliphatic heterocycles. The fraction of sp³-hybridized carbons (Fsp3) is 0.235. The summed E-state index contributed by atoms with van der Waals surface area (Å²) >= 11 is 0. The van der Waals surface area contributed by atoms with Gasteiger partial charge in [0.15, 0.2) is 0 Å². The highest BCUT2D eigenvalue weighted by atomic mass is 16.5. The molecule has 2 amide bonds. The highest BCUT2D eigenvalue weighted by Gasteiger charge is 2.23. The maximum Gasteiger partial charge on any atom is 0.343 e. The van der Waals surface area contributed by atoms with E-state index in [4.69, 9.17) is 4.74 Å². The number of hydrazine groups is 1. The van der Waals surface area contributed by atoms with Crippen LogP contribution in [0.1, 0.15) is 0 Å². The van der Waals surface area contributed by atoms with Gasteiger partial charge in [-0.25, -0.2) is 24.7 Å². The number of fused-ring (bicyclic) bond motifs is 1. The number of nitrogens with zero attached hydrogens (tertiary/aromatic N) is 4. The highest BCUT2D eigenvalue weighted by molar-refractivity contribution is 5.98. The van der Waals surface area contributed by atoms with Gasteiger partial charge < -0.3 is 9.72 Å². The summed E-state index contributed by atoms with van der Waals surface area (Å²) in [6.07, 6.45) is 3.47. The Hall–Kier alpha value is -2.97. The molecule has 2 aromatic heterocycles. The molecule has 8 nitrogen and oxygen atoms in total. The van der Waals surface area contributed by atoms with Gasteiger partial charge in [-0.15, -0.1) is 0 Å². The smallest absolute Gasteiger partial charge is 0.343 e. The molecule has 0 atom stereocenters. The van der Waals surface area contributed by atoms with E-state index in [0.717, 1.165) is 11.0 Å². The van der Waals surface area contributed by atoms with Crippen LogP contribution in [0.15, 0.2) is 48.8 Å². The fourth-order valence-corrected chi connectivity index (χ4v) is 2.70. The van der Waals surface area contributed by atoms with E-state index >= 15 is 0 Å². The van der Waals surface area contributed by atoms with Crippen molar-refractivity contribution in [2.75, 3.05) is 31.2 Å². The molecule has 0 saturated carbocycles. The zero-order valence-electron chi connectivity index (χ0n) is 13.6. The van der Waals surface area contributed by atoms with Gasteiger partial charge in [0.1, 0.15) is 0 Å². The third-order valence-electron chi connectivity index (χ3n) is 3.97. The first kappa shape index (κ1) is 15.6. The molecule has 4 rings (SSSR count). The summed E-state index contributed by atoms with van der Waals surface area (Å²) in [5.41, 5.74) is 5.19. The molecule has 0 bridgehead atoms. The molecule has 0 radical (unpaired) electrons. The van der Waals surface area contributed by atoms with Crippen molar-refractivity contribution in [3.05, 3.63) is 48.8 Å². The zero-order valence-corrected chi connectivity index (χ0v) is 13.6. The van der Waals surface area contributed by atoms with Crippen LogP contribution in [-0.4, -0.2) is 52.3 Å². The van der Waals surface area contributed by atoms with Gasteiger partial charge in [-0.1, -0.05) is 18.2 Å². The first-order chi connectivity index (χ1) is 12.3. The minimum absolute atomic E-state index is 0.303. The Morgan fingerprint density at radius 2 is 2.00 bits per heavy atom. The third-order valence-corrected chi connectivity index (χ3v) is 3.97. The summed E-state index contributed by atoms with van der Waals surface area (Å²) in [4.78, 5) is 26.3. The van der Waals surface area contributed by atoms with E-state index in [2.05, 4.69) is 20.4 Å². The van der Waals surface area contributed by atoms with Crippen molar-refractivity contribution in [3.8, 4) is 0 Å². The van der Waals surface area contributed by atoms with Crippen LogP contribution in [0, 0.1) is 0 Å². The number of anilines is 2. The van der Waals surface area contributed by atoms with E-state index in [9.17, 15) is 4.79 Å². The number of para-hydroxylation sites is 1. The van der Waals surface area contributed by atoms with Crippen molar-refractivity contribution in [2.24, 2.45) is 0 Å². The van der Waals surface area contributed by atoms with E-state index in [1.807, 2.05) is 41.4 Å². The van der Waals surface area contributed by atoms with Crippen LogP contribution in [0.2, 0.25) is 0 Å². The lowest BCUT2D eigenvalue weighted by atomic mass is 10.3. The van der Waals surface area contributed by atoms with Crippen molar-refractivity contribution >= 4 is 28.7 Å². The second kappa shape index (κ2) is 6.88. The van der Waals surface area contributed by atoms with Crippen LogP contribution in [0.4, 0.5) is 16.4 Å². The second-order valence-electron chi connectivity index (χ2n) is 5.63. The van der Waals surface area contributed by atoms with E-state index in [0.29, 0.717) is 37.9 Å². The van der Waals surface area contributed by atoms with Gasteiger partial charge in [-0.2, -0.15) is 0 Å². The zero-order chi connectivity index (χ0) is 17.1. The van der Waals surface area contributed by atoms with Gasteiger partial charge in [-0.3, -0.25) is 5.43 Å². The lowest BCUT2D eigenvalue weighted by molar-refractivity contribution is 0.0203. The van der Waals surface area contributed by atoms with Crippen LogP contribution in [-0.2, 0) is 4.74 Å². The quantitative estimate of drug-likeness (QED) is 0.763. The summed E-state index contributed by atoms with van der Waals surface area (Å²) in [5.74, 6) is 0.323. The number of aromatic amines is 1. The molecular weight excluding hydrogens is 320 g/mol. The van der Waals surface area contributed by atoms with Crippen molar-refractivity contribution < 1.29 is 9.53 Å². The second-order valence-corrected chi connectivity index (χ2v) is 5.63. The van der Waals surface area contributed by atoms with Crippen LogP contribution in [0.3, 0.4) is 0 Å². The van der Waals surface area contributed by atoms with Crippen LogP contribution < -0.4 is 10.3 Å². The van der Waals surface area contributed by atoms with Crippen molar-refractivity contribution in [1.82, 2.24) is 25.4 Å². The Kier molecular flexibility index (Phi) is 4.28. The number of rotatable bonds is 3. The van der Waals surface area contributed by atoms with Crippen molar-refractivity contribution in [3.63, 3.8) is 0 Å². The SMILES string of the molecule is O=C(NN1CCOCC1)N(c1ccccc1)c1ncc2[nH]ccc2n1. The number of carbonyl (C=O) groups is 1. The lowest BCUT2D eigenvalue weighted by Gasteiger charge is -2.30. The molecule has 8 heteroatoms. The fourth-order valence-electron chi connectivity index (χ4n) is 2.70. The lowest BCUT2D eigenvalue weighted by Crippen LogP contribution is -2.52. The number of morpholine rings is 1. The molecule has 1 aromatic carbocycles. The van der Waals surface area contributed by atoms with Gasteiger partial charge in [-0.05, 0) is 18.2 Å². The Labute approximate surface area is 144 Å². The van der Waals surface area contributed by atoms with Crippen LogP contribution in [0.25, 0.3) is 11.0 Å². The standard InChI is InChI=1S/C17H18N6O2/c24-17(21-22-8-10-25-11-9-22)23(13-4-2-1-3-5-13)16-19-12-15-14(20-16)6-7-18-15/h1-7,12,18H,8-11H2,(H,21,24). The molecule has 1 saturated heterocycles. The number of hydrogen-bond acceptors (Lipinski definition) is 5. The summed E-state index contributed by atoms with van der Waals surface area (Å²) in [6, 6.07) is 10.9. The topological polar surface area (TPSA) is 86.4 Å². The predicted octanol–water partition coefficient (Wildman–Crippen LogP) is 2.05. The number of ether oxygens (including phenoxy) is 1. The van der Waals surface area contributed by atoms with Gasteiger partial charge in [0, 0.05) is 19.3 Å². The van der Waals surface area contributed by atoms with E-state index in [1.54, 1.807) is 12.4 Å². The maximum atomic E-state index is 12.9. The van der Waals surface area contributed by atoms with Gasteiger partial charge in [0.2, 0.25) is 5.95 Å². The number of benzene rings is 1. The number of amides is 2. The number of aromatic nitrogens is 3. The minimum atomic E-state index is -0.303. The average Bonchev–Trinajstić information content (AvgIpc) is 3.11. The minimum Gasteiger partial charge on any atom is -0.379 e. The molecule has 0 spiro atoms. The molecule has 0 unspecified atom stereocenters. The number of hydrogen-bond donors (Lipinski definition) is 2. The summed E-state index contributed by atoms with van der Waals surface area (Å²) < 4.78 is 5.32. The van der Waals surface area contributed by atoms with Crippen LogP contribution >= 0.6 is 0 Å². The third kappa shape index (κ3) is 3.30. The largest absolute Gasteiger partial charge is 0.379 e. The first-order valence-corrected chi connectivity index (χ1v) is 8.10. The Balaban J connectivity index is 1.67. The molecule has 2 N–H and O–H groups in total. The van der Waals surface area contributed by atoms with Gasteiger partial charge >= 0.3 is 6.03 Å². The molecule has 3 aromatic rings. The molecule has 128 valence electrons. The van der Waals surface area contributed by atoms with E-state index < -0.39 is 0 Å². The molecule has 1 fully saturated rings. The Bertz CT molecular complexity index is 860. The average molecular weight is 338 g/mol. The predicted molar refractivity (Wildman–Crippen MR) is 93.4 cm³/mol. The molecule has 1 aliphatic rings. The number of nitrogens with one attached hydrogen (secondary N) is 2.